The van der Waals surface area contributed by atoms with Crippen molar-refractivity contribution in [3.63, 3.8) is 0 Å². The number of halogens is 1. The van der Waals surface area contributed by atoms with E-state index in [9.17, 15) is 0 Å². The standard InChI is InChI=1S/C11H11BrN2S/c1-8-10(3-2-6-13-8)14-7-9-4-5-11(12)15-9/h2-6,14H,7H2,1H3. The Morgan fingerprint density at radius 1 is 1.40 bits per heavy atom. The van der Waals surface area contributed by atoms with Crippen LogP contribution in [0.2, 0.25) is 0 Å². The molecule has 0 spiro atoms. The summed E-state index contributed by atoms with van der Waals surface area (Å²) in [5, 5.41) is 3.37. The van der Waals surface area contributed by atoms with E-state index in [2.05, 4.69) is 38.4 Å². The van der Waals surface area contributed by atoms with Crippen molar-refractivity contribution in [3.8, 4) is 0 Å². The lowest BCUT2D eigenvalue weighted by molar-refractivity contribution is 1.13. The third-order valence-corrected chi connectivity index (χ3v) is 3.71. The average Bonchev–Trinajstić information content (AvgIpc) is 2.63. The minimum atomic E-state index is 0.850. The highest BCUT2D eigenvalue weighted by Crippen LogP contribution is 2.23. The zero-order valence-electron chi connectivity index (χ0n) is 8.33. The number of hydrogen-bond acceptors (Lipinski definition) is 3. The Labute approximate surface area is 101 Å². The van der Waals surface area contributed by atoms with Gasteiger partial charge in [-0.2, -0.15) is 0 Å². The van der Waals surface area contributed by atoms with Crippen LogP contribution in [-0.2, 0) is 6.54 Å². The van der Waals surface area contributed by atoms with Crippen LogP contribution in [0.5, 0.6) is 0 Å². The Morgan fingerprint density at radius 3 is 2.93 bits per heavy atom. The van der Waals surface area contributed by atoms with E-state index >= 15 is 0 Å². The molecule has 0 unspecified atom stereocenters. The maximum atomic E-state index is 4.23. The van der Waals surface area contributed by atoms with Crippen molar-refractivity contribution in [3.05, 3.63) is 44.8 Å². The molecule has 2 nitrogen and oxygen atoms in total. The van der Waals surface area contributed by atoms with E-state index < -0.39 is 0 Å². The first kappa shape index (κ1) is 10.6. The summed E-state index contributed by atoms with van der Waals surface area (Å²) in [7, 11) is 0. The molecule has 0 aliphatic rings. The quantitative estimate of drug-likeness (QED) is 0.926. The predicted octanol–water partition coefficient (Wildman–Crippen LogP) is 3.83. The molecule has 2 rings (SSSR count). The fraction of sp³-hybridized carbons (Fsp3) is 0.182. The first-order valence-electron chi connectivity index (χ1n) is 4.65. The second kappa shape index (κ2) is 4.77. The molecule has 15 heavy (non-hydrogen) atoms. The minimum absolute atomic E-state index is 0.850. The van der Waals surface area contributed by atoms with Gasteiger partial charge in [-0.15, -0.1) is 11.3 Å². The number of nitrogens with one attached hydrogen (secondary N) is 1. The van der Waals surface area contributed by atoms with Crippen LogP contribution in [0.25, 0.3) is 0 Å². The van der Waals surface area contributed by atoms with Gasteiger partial charge in [-0.1, -0.05) is 0 Å². The van der Waals surface area contributed by atoms with E-state index in [1.165, 1.54) is 8.66 Å². The molecule has 2 aromatic rings. The van der Waals surface area contributed by atoms with Gasteiger partial charge < -0.3 is 5.32 Å². The number of rotatable bonds is 3. The second-order valence-electron chi connectivity index (χ2n) is 3.20. The van der Waals surface area contributed by atoms with Crippen molar-refractivity contribution < 1.29 is 0 Å². The number of nitrogens with zero attached hydrogens (tertiary/aromatic N) is 1. The number of aryl methyl sites for hydroxylation is 1. The van der Waals surface area contributed by atoms with Gasteiger partial charge in [0.2, 0.25) is 0 Å². The zero-order chi connectivity index (χ0) is 10.7. The first-order chi connectivity index (χ1) is 7.25. The van der Waals surface area contributed by atoms with Gasteiger partial charge in [-0.05, 0) is 47.1 Å². The normalized spacial score (nSPS) is 10.3. The highest BCUT2D eigenvalue weighted by Gasteiger charge is 1.99. The fourth-order valence-electron chi connectivity index (χ4n) is 1.30. The van der Waals surface area contributed by atoms with Crippen molar-refractivity contribution in [2.75, 3.05) is 5.32 Å². The Hall–Kier alpha value is -0.870. The number of anilines is 1. The molecule has 1 N–H and O–H groups in total. The summed E-state index contributed by atoms with van der Waals surface area (Å²) in [6, 6.07) is 8.18. The van der Waals surface area contributed by atoms with Crippen molar-refractivity contribution in [1.29, 1.82) is 0 Å². The number of aromatic nitrogens is 1. The lowest BCUT2D eigenvalue weighted by Crippen LogP contribution is -1.99. The summed E-state index contributed by atoms with van der Waals surface area (Å²) in [6.07, 6.45) is 1.81. The van der Waals surface area contributed by atoms with Crippen LogP contribution in [0, 0.1) is 6.92 Å². The average molecular weight is 283 g/mol. The monoisotopic (exact) mass is 282 g/mol. The molecule has 0 amide bonds. The molecule has 0 radical (unpaired) electrons. The van der Waals surface area contributed by atoms with Gasteiger partial charge in [-0.3, -0.25) is 4.98 Å². The van der Waals surface area contributed by atoms with Gasteiger partial charge in [0, 0.05) is 17.6 Å². The third kappa shape index (κ3) is 2.79. The summed E-state index contributed by atoms with van der Waals surface area (Å²) < 4.78 is 1.17. The highest BCUT2D eigenvalue weighted by atomic mass is 79.9. The van der Waals surface area contributed by atoms with E-state index in [0.717, 1.165) is 17.9 Å². The van der Waals surface area contributed by atoms with E-state index in [1.807, 2.05) is 25.3 Å². The Bertz CT molecular complexity index is 453. The van der Waals surface area contributed by atoms with Crippen LogP contribution < -0.4 is 5.32 Å². The zero-order valence-corrected chi connectivity index (χ0v) is 10.7. The van der Waals surface area contributed by atoms with Gasteiger partial charge in [0.25, 0.3) is 0 Å². The predicted molar refractivity (Wildman–Crippen MR) is 68.3 cm³/mol. The van der Waals surface area contributed by atoms with Crippen molar-refractivity contribution in [1.82, 2.24) is 4.98 Å². The molecular weight excluding hydrogens is 272 g/mol. The van der Waals surface area contributed by atoms with Crippen molar-refractivity contribution in [2.45, 2.75) is 13.5 Å². The molecule has 2 heterocycles. The Morgan fingerprint density at radius 2 is 2.27 bits per heavy atom. The van der Waals surface area contributed by atoms with Crippen LogP contribution in [-0.4, -0.2) is 4.98 Å². The maximum absolute atomic E-state index is 4.23. The van der Waals surface area contributed by atoms with Crippen LogP contribution in [0.3, 0.4) is 0 Å². The van der Waals surface area contributed by atoms with Gasteiger partial charge >= 0.3 is 0 Å². The Balaban J connectivity index is 2.02. The molecule has 0 aliphatic carbocycles. The van der Waals surface area contributed by atoms with Gasteiger partial charge in [0.15, 0.2) is 0 Å². The summed E-state index contributed by atoms with van der Waals surface area (Å²) >= 11 is 5.20. The van der Waals surface area contributed by atoms with Gasteiger partial charge in [0.1, 0.15) is 0 Å². The summed E-state index contributed by atoms with van der Waals surface area (Å²) in [6.45, 7) is 2.86. The summed E-state index contributed by atoms with van der Waals surface area (Å²) in [4.78, 5) is 5.54. The molecule has 2 aromatic heterocycles. The Kier molecular flexibility index (Phi) is 3.38. The van der Waals surface area contributed by atoms with Crippen LogP contribution in [0.4, 0.5) is 5.69 Å². The van der Waals surface area contributed by atoms with E-state index in [1.54, 1.807) is 11.3 Å². The molecule has 4 heteroatoms. The first-order valence-corrected chi connectivity index (χ1v) is 6.26. The molecular formula is C11H11BrN2S. The molecule has 78 valence electrons. The highest BCUT2D eigenvalue weighted by molar-refractivity contribution is 9.11. The van der Waals surface area contributed by atoms with Crippen LogP contribution >= 0.6 is 27.3 Å². The van der Waals surface area contributed by atoms with Crippen molar-refractivity contribution in [2.24, 2.45) is 0 Å². The smallest absolute Gasteiger partial charge is 0.0702 e. The lowest BCUT2D eigenvalue weighted by Gasteiger charge is -2.06. The minimum Gasteiger partial charge on any atom is -0.379 e. The van der Waals surface area contributed by atoms with E-state index in [0.29, 0.717) is 0 Å². The number of thiophene rings is 1. The fourth-order valence-corrected chi connectivity index (χ4v) is 2.72. The molecule has 0 aromatic carbocycles. The molecule has 0 atom stereocenters. The van der Waals surface area contributed by atoms with Crippen LogP contribution in [0.1, 0.15) is 10.6 Å². The molecule has 0 fully saturated rings. The summed E-state index contributed by atoms with van der Waals surface area (Å²) in [5.74, 6) is 0. The molecule has 0 saturated carbocycles. The topological polar surface area (TPSA) is 24.9 Å². The third-order valence-electron chi connectivity index (χ3n) is 2.09. The van der Waals surface area contributed by atoms with Gasteiger partial charge in [0.05, 0.1) is 15.2 Å². The van der Waals surface area contributed by atoms with Gasteiger partial charge in [-0.25, -0.2) is 0 Å². The molecule has 0 aliphatic heterocycles. The SMILES string of the molecule is Cc1ncccc1NCc1ccc(Br)s1. The van der Waals surface area contributed by atoms with Crippen LogP contribution in [0.15, 0.2) is 34.2 Å². The maximum Gasteiger partial charge on any atom is 0.0702 e. The molecule has 0 bridgehead atoms. The largest absolute Gasteiger partial charge is 0.379 e. The van der Waals surface area contributed by atoms with E-state index in [-0.39, 0.29) is 0 Å². The van der Waals surface area contributed by atoms with E-state index in [4.69, 9.17) is 0 Å². The number of pyridine rings is 1. The lowest BCUT2D eigenvalue weighted by atomic mass is 10.3. The summed E-state index contributed by atoms with van der Waals surface area (Å²) in [5.41, 5.74) is 2.13. The second-order valence-corrected chi connectivity index (χ2v) is 5.74. The molecule has 0 saturated heterocycles. The van der Waals surface area contributed by atoms with Crippen molar-refractivity contribution >= 4 is 33.0 Å². The number of hydrogen-bond donors (Lipinski definition) is 1.